The fraction of sp³-hybridized carbons (Fsp3) is 0.381. The summed E-state index contributed by atoms with van der Waals surface area (Å²) in [6, 6.07) is 11.5. The van der Waals surface area contributed by atoms with Crippen molar-refractivity contribution in [3.05, 3.63) is 65.5 Å². The largest absolute Gasteiger partial charge is 0.341 e. The molecule has 0 saturated heterocycles. The number of pyridine rings is 1. The molecule has 4 nitrogen and oxygen atoms in total. The van der Waals surface area contributed by atoms with Crippen molar-refractivity contribution in [2.45, 2.75) is 39.7 Å². The molecule has 1 amide bonds. The molecular weight excluding hydrogens is 312 g/mol. The Balaban J connectivity index is 1.83. The lowest BCUT2D eigenvalue weighted by Gasteiger charge is -2.16. The number of Topliss-reactive ketones (excluding diaryl/α,β-unsaturated/α-hetero) is 1. The van der Waals surface area contributed by atoms with Crippen molar-refractivity contribution in [1.29, 1.82) is 0 Å². The molecule has 2 aromatic rings. The molecule has 0 aliphatic rings. The summed E-state index contributed by atoms with van der Waals surface area (Å²) in [5, 5.41) is 0. The number of amides is 1. The second kappa shape index (κ2) is 9.11. The van der Waals surface area contributed by atoms with Gasteiger partial charge >= 0.3 is 0 Å². The average Bonchev–Trinajstić information content (AvgIpc) is 2.60. The zero-order valence-corrected chi connectivity index (χ0v) is 15.2. The summed E-state index contributed by atoms with van der Waals surface area (Å²) in [5.41, 5.74) is 2.89. The van der Waals surface area contributed by atoms with Crippen LogP contribution in [0.15, 0.2) is 48.8 Å². The van der Waals surface area contributed by atoms with E-state index in [9.17, 15) is 9.59 Å². The van der Waals surface area contributed by atoms with Gasteiger partial charge in [0.05, 0.1) is 0 Å². The third-order valence-corrected chi connectivity index (χ3v) is 4.05. The van der Waals surface area contributed by atoms with E-state index in [1.807, 2.05) is 36.4 Å². The van der Waals surface area contributed by atoms with Crippen molar-refractivity contribution in [2.24, 2.45) is 5.92 Å². The molecule has 25 heavy (non-hydrogen) atoms. The molecule has 0 saturated carbocycles. The molecule has 0 N–H and O–H groups in total. The Bertz CT molecular complexity index is 694. The van der Waals surface area contributed by atoms with Gasteiger partial charge < -0.3 is 4.90 Å². The van der Waals surface area contributed by atoms with Crippen LogP contribution in [0.5, 0.6) is 0 Å². The number of ketones is 1. The highest BCUT2D eigenvalue weighted by atomic mass is 16.2. The minimum atomic E-state index is -0.0337. The number of carbonyl (C=O) groups is 2. The zero-order valence-electron chi connectivity index (χ0n) is 15.2. The van der Waals surface area contributed by atoms with Crippen LogP contribution < -0.4 is 0 Å². The number of hydrogen-bond donors (Lipinski definition) is 0. The van der Waals surface area contributed by atoms with Crippen LogP contribution in [-0.4, -0.2) is 28.6 Å². The number of rotatable bonds is 8. The third-order valence-electron chi connectivity index (χ3n) is 4.05. The van der Waals surface area contributed by atoms with Crippen LogP contribution >= 0.6 is 0 Å². The number of benzene rings is 1. The Hall–Kier alpha value is -2.49. The summed E-state index contributed by atoms with van der Waals surface area (Å²) in [6.45, 7) is 4.85. The third kappa shape index (κ3) is 6.14. The first-order chi connectivity index (χ1) is 12.0. The highest BCUT2D eigenvalue weighted by Crippen LogP contribution is 2.12. The van der Waals surface area contributed by atoms with Crippen LogP contribution in [0.4, 0.5) is 0 Å². The van der Waals surface area contributed by atoms with Crippen molar-refractivity contribution < 1.29 is 9.59 Å². The van der Waals surface area contributed by atoms with Crippen molar-refractivity contribution in [2.75, 3.05) is 7.05 Å². The van der Waals surface area contributed by atoms with E-state index in [1.54, 1.807) is 24.3 Å². The Morgan fingerprint density at radius 1 is 1.04 bits per heavy atom. The molecular formula is C21H26N2O2. The zero-order chi connectivity index (χ0) is 18.2. The summed E-state index contributed by atoms with van der Waals surface area (Å²) in [5.74, 6) is 0.572. The Labute approximate surface area is 149 Å². The van der Waals surface area contributed by atoms with Crippen LogP contribution in [-0.2, 0) is 17.8 Å². The standard InChI is InChI=1S/C21H26N2O2/c1-16(2)13-17-6-8-19(9-7-17)20(24)10-11-21(25)23(3)15-18-5-4-12-22-14-18/h4-9,12,14,16H,10-11,13,15H2,1-3H3. The number of nitrogens with zero attached hydrogens (tertiary/aromatic N) is 2. The van der Waals surface area contributed by atoms with E-state index in [1.165, 1.54) is 5.56 Å². The van der Waals surface area contributed by atoms with E-state index in [4.69, 9.17) is 0 Å². The fourth-order valence-electron chi connectivity index (χ4n) is 2.71. The number of carbonyl (C=O) groups excluding carboxylic acids is 2. The van der Waals surface area contributed by atoms with Crippen LogP contribution in [0.1, 0.15) is 48.2 Å². The fourth-order valence-corrected chi connectivity index (χ4v) is 2.71. The Kier molecular flexibility index (Phi) is 6.87. The molecule has 0 fully saturated rings. The van der Waals surface area contributed by atoms with Gasteiger partial charge in [0.25, 0.3) is 0 Å². The summed E-state index contributed by atoms with van der Waals surface area (Å²) in [4.78, 5) is 30.2. The van der Waals surface area contributed by atoms with Crippen molar-refractivity contribution >= 4 is 11.7 Å². The van der Waals surface area contributed by atoms with E-state index in [0.717, 1.165) is 12.0 Å². The van der Waals surface area contributed by atoms with E-state index >= 15 is 0 Å². The van der Waals surface area contributed by atoms with Crippen molar-refractivity contribution in [3.63, 3.8) is 0 Å². The predicted molar refractivity (Wildman–Crippen MR) is 99.3 cm³/mol. The second-order valence-electron chi connectivity index (χ2n) is 6.83. The second-order valence-corrected chi connectivity index (χ2v) is 6.83. The van der Waals surface area contributed by atoms with E-state index in [2.05, 4.69) is 18.8 Å². The van der Waals surface area contributed by atoms with Gasteiger partial charge in [0, 0.05) is 44.4 Å². The predicted octanol–water partition coefficient (Wildman–Crippen LogP) is 3.90. The van der Waals surface area contributed by atoms with Gasteiger partial charge in [0.2, 0.25) is 5.91 Å². The molecule has 0 unspecified atom stereocenters. The summed E-state index contributed by atoms with van der Waals surface area (Å²) >= 11 is 0. The lowest BCUT2D eigenvalue weighted by molar-refractivity contribution is -0.130. The molecule has 1 aromatic carbocycles. The van der Waals surface area contributed by atoms with Crippen LogP contribution in [0.3, 0.4) is 0 Å². The molecule has 0 bridgehead atoms. The average molecular weight is 338 g/mol. The quantitative estimate of drug-likeness (QED) is 0.686. The Morgan fingerprint density at radius 2 is 1.76 bits per heavy atom. The van der Waals surface area contributed by atoms with E-state index in [-0.39, 0.29) is 24.5 Å². The first-order valence-electron chi connectivity index (χ1n) is 8.70. The molecule has 132 valence electrons. The lowest BCUT2D eigenvalue weighted by Crippen LogP contribution is -2.26. The maximum atomic E-state index is 12.3. The van der Waals surface area contributed by atoms with Crippen LogP contribution in [0, 0.1) is 5.92 Å². The summed E-state index contributed by atoms with van der Waals surface area (Å²) in [7, 11) is 1.75. The molecule has 1 aromatic heterocycles. The lowest BCUT2D eigenvalue weighted by atomic mass is 9.99. The molecule has 1 heterocycles. The number of hydrogen-bond acceptors (Lipinski definition) is 3. The van der Waals surface area contributed by atoms with Crippen molar-refractivity contribution in [3.8, 4) is 0 Å². The topological polar surface area (TPSA) is 50.3 Å². The highest BCUT2D eigenvalue weighted by molar-refractivity contribution is 5.97. The first-order valence-corrected chi connectivity index (χ1v) is 8.70. The van der Waals surface area contributed by atoms with Gasteiger partial charge in [-0.2, -0.15) is 0 Å². The van der Waals surface area contributed by atoms with E-state index < -0.39 is 0 Å². The summed E-state index contributed by atoms with van der Waals surface area (Å²) in [6.07, 6.45) is 4.92. The van der Waals surface area contributed by atoms with Gasteiger partial charge in [-0.25, -0.2) is 0 Å². The molecule has 0 aliphatic heterocycles. The SMILES string of the molecule is CC(C)Cc1ccc(C(=O)CCC(=O)N(C)Cc2cccnc2)cc1. The smallest absolute Gasteiger partial charge is 0.223 e. The minimum absolute atomic E-state index is 0.0132. The molecule has 4 heteroatoms. The van der Waals surface area contributed by atoms with Gasteiger partial charge in [0.1, 0.15) is 0 Å². The molecule has 0 radical (unpaired) electrons. The molecule has 0 atom stereocenters. The monoisotopic (exact) mass is 338 g/mol. The van der Waals surface area contributed by atoms with Gasteiger partial charge in [-0.15, -0.1) is 0 Å². The van der Waals surface area contributed by atoms with Crippen LogP contribution in [0.25, 0.3) is 0 Å². The maximum absolute atomic E-state index is 12.3. The maximum Gasteiger partial charge on any atom is 0.223 e. The van der Waals surface area contributed by atoms with Gasteiger partial charge in [0.15, 0.2) is 5.78 Å². The van der Waals surface area contributed by atoms with Gasteiger partial charge in [-0.05, 0) is 29.5 Å². The molecule has 0 aliphatic carbocycles. The highest BCUT2D eigenvalue weighted by Gasteiger charge is 2.13. The van der Waals surface area contributed by atoms with E-state index in [0.29, 0.717) is 18.0 Å². The van der Waals surface area contributed by atoms with Crippen molar-refractivity contribution in [1.82, 2.24) is 9.88 Å². The van der Waals surface area contributed by atoms with Gasteiger partial charge in [-0.1, -0.05) is 44.2 Å². The molecule has 0 spiro atoms. The van der Waals surface area contributed by atoms with Gasteiger partial charge in [-0.3, -0.25) is 14.6 Å². The number of aromatic nitrogens is 1. The summed E-state index contributed by atoms with van der Waals surface area (Å²) < 4.78 is 0. The van der Waals surface area contributed by atoms with Crippen LogP contribution in [0.2, 0.25) is 0 Å². The normalized spacial score (nSPS) is 10.7. The first kappa shape index (κ1) is 18.8. The minimum Gasteiger partial charge on any atom is -0.341 e. The Morgan fingerprint density at radius 3 is 2.36 bits per heavy atom. The molecule has 2 rings (SSSR count).